The molecule has 0 aromatic carbocycles. The zero-order valence-electron chi connectivity index (χ0n) is 9.47. The molecule has 7 heteroatoms. The lowest BCUT2D eigenvalue weighted by Crippen LogP contribution is -2.13. The van der Waals surface area contributed by atoms with E-state index >= 15 is 0 Å². The van der Waals surface area contributed by atoms with E-state index in [1.807, 2.05) is 13.1 Å². The van der Waals surface area contributed by atoms with Crippen molar-refractivity contribution in [1.82, 2.24) is 25.0 Å². The third kappa shape index (κ3) is 2.91. The van der Waals surface area contributed by atoms with Crippen molar-refractivity contribution in [2.45, 2.75) is 19.9 Å². The molecule has 0 saturated carbocycles. The summed E-state index contributed by atoms with van der Waals surface area (Å²) in [5.74, 6) is 0.785. The number of anilines is 1. The maximum absolute atomic E-state index is 5.99. The monoisotopic (exact) mass is 252 g/mol. The predicted molar refractivity (Wildman–Crippen MR) is 64.9 cm³/mol. The van der Waals surface area contributed by atoms with Crippen LogP contribution in [0.4, 0.5) is 5.82 Å². The maximum atomic E-state index is 5.99. The van der Waals surface area contributed by atoms with Crippen LogP contribution in [0.3, 0.4) is 0 Å². The predicted octanol–water partition coefficient (Wildman–Crippen LogP) is 1.40. The fourth-order valence-corrected chi connectivity index (χ4v) is 1.76. The van der Waals surface area contributed by atoms with Crippen LogP contribution in [0.1, 0.15) is 12.5 Å². The molecule has 0 aliphatic carbocycles. The van der Waals surface area contributed by atoms with Crippen LogP contribution in [0.15, 0.2) is 18.7 Å². The van der Waals surface area contributed by atoms with Crippen molar-refractivity contribution >= 4 is 17.4 Å². The van der Waals surface area contributed by atoms with Gasteiger partial charge in [-0.3, -0.25) is 4.68 Å². The summed E-state index contributed by atoms with van der Waals surface area (Å²) in [6.07, 6.45) is 5.72. The van der Waals surface area contributed by atoms with Crippen LogP contribution in [0.5, 0.6) is 0 Å². The van der Waals surface area contributed by atoms with Gasteiger partial charge in [-0.25, -0.2) is 9.97 Å². The minimum atomic E-state index is 0.505. The van der Waals surface area contributed by atoms with E-state index in [2.05, 4.69) is 25.6 Å². The molecule has 2 aromatic heterocycles. The first-order valence-corrected chi connectivity index (χ1v) is 5.76. The van der Waals surface area contributed by atoms with E-state index in [4.69, 9.17) is 11.6 Å². The number of hydrogen-bond acceptors (Lipinski definition) is 5. The molecule has 6 nitrogen and oxygen atoms in total. The van der Waals surface area contributed by atoms with E-state index in [1.165, 1.54) is 6.33 Å². The van der Waals surface area contributed by atoms with Crippen molar-refractivity contribution in [3.05, 3.63) is 29.4 Å². The first kappa shape index (κ1) is 11.8. The van der Waals surface area contributed by atoms with Gasteiger partial charge in [-0.1, -0.05) is 23.7 Å². The second-order valence-electron chi connectivity index (χ2n) is 3.44. The Kier molecular flexibility index (Phi) is 3.87. The molecule has 0 saturated heterocycles. The highest BCUT2D eigenvalue weighted by Crippen LogP contribution is 2.19. The van der Waals surface area contributed by atoms with Gasteiger partial charge in [0.2, 0.25) is 0 Å². The van der Waals surface area contributed by atoms with Crippen molar-refractivity contribution in [3.8, 4) is 0 Å². The van der Waals surface area contributed by atoms with Gasteiger partial charge in [0.15, 0.2) is 0 Å². The van der Waals surface area contributed by atoms with Crippen molar-refractivity contribution in [2.75, 3.05) is 11.9 Å². The molecular formula is C10H13ClN6. The van der Waals surface area contributed by atoms with Crippen molar-refractivity contribution < 1.29 is 0 Å². The third-order valence-electron chi connectivity index (χ3n) is 2.35. The van der Waals surface area contributed by atoms with Crippen molar-refractivity contribution in [3.63, 3.8) is 0 Å². The van der Waals surface area contributed by atoms with Gasteiger partial charge in [0, 0.05) is 18.3 Å². The molecule has 17 heavy (non-hydrogen) atoms. The van der Waals surface area contributed by atoms with E-state index in [-0.39, 0.29) is 0 Å². The van der Waals surface area contributed by atoms with Crippen LogP contribution < -0.4 is 5.32 Å². The van der Waals surface area contributed by atoms with Crippen LogP contribution in [0.25, 0.3) is 0 Å². The minimum Gasteiger partial charge on any atom is -0.368 e. The Morgan fingerprint density at radius 2 is 2.29 bits per heavy atom. The summed E-state index contributed by atoms with van der Waals surface area (Å²) in [4.78, 5) is 8.13. The molecule has 0 spiro atoms. The van der Waals surface area contributed by atoms with Crippen LogP contribution in [-0.4, -0.2) is 31.5 Å². The summed E-state index contributed by atoms with van der Waals surface area (Å²) < 4.78 is 1.75. The zero-order chi connectivity index (χ0) is 12.1. The molecule has 1 N–H and O–H groups in total. The van der Waals surface area contributed by atoms with Gasteiger partial charge in [-0.05, 0) is 6.42 Å². The van der Waals surface area contributed by atoms with Gasteiger partial charge in [0.25, 0.3) is 0 Å². The standard InChI is InChI=1S/C10H13ClN6/c1-2-8-9(11)13-7-14-10(8)12-3-5-17-6-4-15-16-17/h4,6-7H,2-3,5H2,1H3,(H,12,13,14). The van der Waals surface area contributed by atoms with E-state index in [0.29, 0.717) is 11.7 Å². The molecule has 90 valence electrons. The molecule has 0 bridgehead atoms. The summed E-state index contributed by atoms with van der Waals surface area (Å²) in [6.45, 7) is 3.46. The molecule has 0 amide bonds. The molecule has 0 fully saturated rings. The first-order valence-electron chi connectivity index (χ1n) is 5.38. The molecule has 0 aliphatic heterocycles. The Labute approximate surface area is 104 Å². The van der Waals surface area contributed by atoms with E-state index in [0.717, 1.165) is 24.3 Å². The molecule has 0 unspecified atom stereocenters. The Hall–Kier alpha value is -1.69. The number of aromatic nitrogens is 5. The molecule has 2 aromatic rings. The topological polar surface area (TPSA) is 68.5 Å². The summed E-state index contributed by atoms with van der Waals surface area (Å²) in [5.41, 5.74) is 0.938. The number of hydrogen-bond donors (Lipinski definition) is 1. The highest BCUT2D eigenvalue weighted by Gasteiger charge is 2.06. The molecule has 0 atom stereocenters. The lowest BCUT2D eigenvalue weighted by atomic mass is 10.2. The number of halogens is 1. The molecule has 2 rings (SSSR count). The Bertz CT molecular complexity index is 470. The number of nitrogens with zero attached hydrogens (tertiary/aromatic N) is 5. The summed E-state index contributed by atoms with van der Waals surface area (Å²) in [7, 11) is 0. The largest absolute Gasteiger partial charge is 0.368 e. The maximum Gasteiger partial charge on any atom is 0.137 e. The average molecular weight is 253 g/mol. The molecular weight excluding hydrogens is 240 g/mol. The van der Waals surface area contributed by atoms with Gasteiger partial charge in [0.05, 0.1) is 12.7 Å². The second-order valence-corrected chi connectivity index (χ2v) is 3.80. The van der Waals surface area contributed by atoms with Gasteiger partial charge in [-0.2, -0.15) is 0 Å². The summed E-state index contributed by atoms with van der Waals surface area (Å²) in [5, 5.41) is 11.3. The Balaban J connectivity index is 1.97. The highest BCUT2D eigenvalue weighted by atomic mass is 35.5. The molecule has 0 radical (unpaired) electrons. The lowest BCUT2D eigenvalue weighted by molar-refractivity contribution is 0.608. The van der Waals surface area contributed by atoms with Crippen LogP contribution in [0.2, 0.25) is 5.15 Å². The number of nitrogens with one attached hydrogen (secondary N) is 1. The average Bonchev–Trinajstić information content (AvgIpc) is 2.82. The van der Waals surface area contributed by atoms with E-state index < -0.39 is 0 Å². The quantitative estimate of drug-likeness (QED) is 0.815. The van der Waals surface area contributed by atoms with Gasteiger partial charge < -0.3 is 5.32 Å². The molecule has 0 aliphatic rings. The first-order chi connectivity index (χ1) is 8.31. The number of rotatable bonds is 5. The van der Waals surface area contributed by atoms with Crippen LogP contribution >= 0.6 is 11.6 Å². The Morgan fingerprint density at radius 1 is 1.41 bits per heavy atom. The van der Waals surface area contributed by atoms with Gasteiger partial charge in [-0.15, -0.1) is 5.10 Å². The van der Waals surface area contributed by atoms with Crippen LogP contribution in [0, 0.1) is 0 Å². The zero-order valence-corrected chi connectivity index (χ0v) is 10.2. The smallest absolute Gasteiger partial charge is 0.137 e. The third-order valence-corrected chi connectivity index (χ3v) is 2.68. The lowest BCUT2D eigenvalue weighted by Gasteiger charge is -2.09. The fraction of sp³-hybridized carbons (Fsp3) is 0.400. The van der Waals surface area contributed by atoms with Crippen LogP contribution in [-0.2, 0) is 13.0 Å². The van der Waals surface area contributed by atoms with Gasteiger partial charge >= 0.3 is 0 Å². The normalized spacial score (nSPS) is 10.5. The summed E-state index contributed by atoms with van der Waals surface area (Å²) in [6, 6.07) is 0. The SMILES string of the molecule is CCc1c(Cl)ncnc1NCCn1ccnn1. The fourth-order valence-electron chi connectivity index (χ4n) is 1.50. The van der Waals surface area contributed by atoms with Gasteiger partial charge in [0.1, 0.15) is 17.3 Å². The summed E-state index contributed by atoms with van der Waals surface area (Å²) >= 11 is 5.99. The molecule has 2 heterocycles. The van der Waals surface area contributed by atoms with Crippen molar-refractivity contribution in [2.24, 2.45) is 0 Å². The Morgan fingerprint density at radius 3 is 3.00 bits per heavy atom. The minimum absolute atomic E-state index is 0.505. The highest BCUT2D eigenvalue weighted by molar-refractivity contribution is 6.30. The van der Waals surface area contributed by atoms with E-state index in [1.54, 1.807) is 10.9 Å². The van der Waals surface area contributed by atoms with E-state index in [9.17, 15) is 0 Å². The van der Waals surface area contributed by atoms with Crippen molar-refractivity contribution in [1.29, 1.82) is 0 Å². The second kappa shape index (κ2) is 5.58.